The van der Waals surface area contributed by atoms with E-state index in [0.717, 1.165) is 54.0 Å². The number of likely N-dealkylation sites (N-methyl/N-ethyl adjacent to an activating group) is 1. The smallest absolute Gasteiger partial charge is 0.409 e. The van der Waals surface area contributed by atoms with Crippen molar-refractivity contribution in [2.24, 2.45) is 22.9 Å². The summed E-state index contributed by atoms with van der Waals surface area (Å²) in [5, 5.41) is 24.2. The highest BCUT2D eigenvalue weighted by Crippen LogP contribution is 2.61. The number of aliphatic hydroxyl groups excluding tert-OH is 2. The molecule has 0 aromatic heterocycles. The Morgan fingerprint density at radius 1 is 1.12 bits per heavy atom. The summed E-state index contributed by atoms with van der Waals surface area (Å²) in [6.07, 6.45) is 8.72. The lowest BCUT2D eigenvalue weighted by atomic mass is 9.55. The lowest BCUT2D eigenvalue weighted by molar-refractivity contribution is -0.253. The van der Waals surface area contributed by atoms with Gasteiger partial charge in [0.1, 0.15) is 24.1 Å². The molecule has 51 heavy (non-hydrogen) atoms. The molecule has 0 unspecified atom stereocenters. The van der Waals surface area contributed by atoms with Gasteiger partial charge in [-0.15, -0.1) is 18.3 Å². The minimum absolute atomic E-state index is 0.112. The van der Waals surface area contributed by atoms with Crippen LogP contribution in [0, 0.1) is 17.8 Å². The van der Waals surface area contributed by atoms with Gasteiger partial charge >= 0.3 is 6.09 Å². The van der Waals surface area contributed by atoms with Crippen molar-refractivity contribution in [3.8, 4) is 11.5 Å². The maximum Gasteiger partial charge on any atom is 0.409 e. The zero-order valence-corrected chi connectivity index (χ0v) is 31.0. The molecule has 11 heteroatoms. The van der Waals surface area contributed by atoms with Crippen LogP contribution in [0.3, 0.4) is 0 Å². The standard InChI is InChI=1S/C40H54N2O8S/c1-5-22-48-40-36(42(3)39(45)46-4)27-34(41-49-6-2)32-25-28(14-10-12-20-43)31(17-11-13-21-44)37(38(32)40)33-26-29(18-19-35(33)50-40)47-23-24-51-30-15-8-7-9-16-30/h5,7-9,15-16,18-19,25-26,28,31,36-38,43-44H,1,6,10-14,17,20-24,27H2,2-4H3/t28-,31+,36-,37+,38+,40+/m0/s1. The molecule has 1 saturated carbocycles. The normalized spacial score (nSPS) is 25.5. The predicted octanol–water partition coefficient (Wildman–Crippen LogP) is 7.21. The molecule has 1 aliphatic heterocycles. The summed E-state index contributed by atoms with van der Waals surface area (Å²) in [5.74, 6) is 0.751. The molecule has 5 rings (SSSR count). The number of fused-ring (bicyclic) bond motifs is 2. The van der Waals surface area contributed by atoms with Gasteiger partial charge < -0.3 is 38.9 Å². The number of aliphatic hydroxyl groups is 2. The fourth-order valence-corrected chi connectivity index (χ4v) is 8.82. The lowest BCUT2D eigenvalue weighted by Gasteiger charge is -2.59. The highest BCUT2D eigenvalue weighted by molar-refractivity contribution is 7.99. The van der Waals surface area contributed by atoms with E-state index >= 15 is 0 Å². The van der Waals surface area contributed by atoms with Crippen LogP contribution in [0.2, 0.25) is 0 Å². The zero-order chi connectivity index (χ0) is 36.2. The number of amides is 1. The number of carbonyl (C=O) groups is 1. The van der Waals surface area contributed by atoms with Crippen LogP contribution >= 0.6 is 11.8 Å². The highest BCUT2D eigenvalue weighted by atomic mass is 32.2. The fraction of sp³-hybridized carbons (Fsp3) is 0.550. The maximum atomic E-state index is 13.2. The lowest BCUT2D eigenvalue weighted by Crippen LogP contribution is -2.69. The molecule has 0 bridgehead atoms. The molecule has 2 aromatic carbocycles. The number of rotatable bonds is 19. The fourth-order valence-electron chi connectivity index (χ4n) is 8.07. The topological polar surface area (TPSA) is 119 Å². The Morgan fingerprint density at radius 3 is 2.59 bits per heavy atom. The number of hydrogen-bond donors (Lipinski definition) is 2. The molecule has 2 aromatic rings. The van der Waals surface area contributed by atoms with Crippen LogP contribution in [0.1, 0.15) is 63.4 Å². The van der Waals surface area contributed by atoms with E-state index in [1.54, 1.807) is 29.8 Å². The number of unbranched alkanes of at least 4 members (excludes halogenated alkanes) is 2. The number of allylic oxidation sites excluding steroid dienone is 1. The molecule has 0 saturated heterocycles. The van der Waals surface area contributed by atoms with E-state index in [4.69, 9.17) is 23.8 Å². The molecule has 2 aliphatic carbocycles. The summed E-state index contributed by atoms with van der Waals surface area (Å²) in [5.41, 5.74) is 2.77. The van der Waals surface area contributed by atoms with Crippen LogP contribution in [-0.4, -0.2) is 91.7 Å². The molecular weight excluding hydrogens is 669 g/mol. The number of oxime groups is 1. The molecule has 6 atom stereocenters. The van der Waals surface area contributed by atoms with Crippen LogP contribution in [0.15, 0.2) is 82.9 Å². The minimum atomic E-state index is -1.30. The van der Waals surface area contributed by atoms with Gasteiger partial charge in [0.15, 0.2) is 0 Å². The number of methoxy groups -OCH3 is 1. The number of ether oxygens (including phenoxy) is 4. The monoisotopic (exact) mass is 722 g/mol. The molecule has 0 radical (unpaired) electrons. The van der Waals surface area contributed by atoms with Gasteiger partial charge in [0.25, 0.3) is 0 Å². The summed E-state index contributed by atoms with van der Waals surface area (Å²) >= 11 is 1.75. The van der Waals surface area contributed by atoms with Crippen LogP contribution in [0.4, 0.5) is 4.79 Å². The van der Waals surface area contributed by atoms with Gasteiger partial charge in [-0.2, -0.15) is 0 Å². The average molecular weight is 723 g/mol. The van der Waals surface area contributed by atoms with E-state index in [1.165, 1.54) is 12.0 Å². The van der Waals surface area contributed by atoms with Gasteiger partial charge in [0.05, 0.1) is 32.0 Å². The SMILES string of the molecule is C=CCO[C@@]12Oc3ccc(OCCSc4ccccc4)cc3[C@H]3[C@H](CCCCO)[C@@H](CCCCO)C=C(C(=NOCC)C[C@@H]1N(C)C(=O)OC)[C@H]32. The summed E-state index contributed by atoms with van der Waals surface area (Å²) < 4.78 is 25.5. The molecule has 1 heterocycles. The van der Waals surface area contributed by atoms with Crippen molar-refractivity contribution >= 4 is 23.6 Å². The second kappa shape index (κ2) is 18.8. The van der Waals surface area contributed by atoms with E-state index in [0.29, 0.717) is 38.2 Å². The van der Waals surface area contributed by atoms with Gasteiger partial charge in [-0.3, -0.25) is 0 Å². The van der Waals surface area contributed by atoms with E-state index in [2.05, 4.69) is 36.0 Å². The van der Waals surface area contributed by atoms with Crippen molar-refractivity contribution in [1.29, 1.82) is 0 Å². The molecule has 1 fully saturated rings. The van der Waals surface area contributed by atoms with Crippen molar-refractivity contribution in [1.82, 2.24) is 4.90 Å². The second-order valence-electron chi connectivity index (χ2n) is 13.3. The Bertz CT molecular complexity index is 1500. The Labute approximate surface area is 306 Å². The van der Waals surface area contributed by atoms with E-state index in [-0.39, 0.29) is 43.5 Å². The van der Waals surface area contributed by atoms with Gasteiger partial charge in [0, 0.05) is 48.8 Å². The first-order valence-corrected chi connectivity index (χ1v) is 19.2. The van der Waals surface area contributed by atoms with Crippen LogP contribution in [-0.2, 0) is 14.3 Å². The molecule has 278 valence electrons. The van der Waals surface area contributed by atoms with Crippen LogP contribution < -0.4 is 9.47 Å². The number of carbonyl (C=O) groups excluding carboxylic acids is 1. The third-order valence-electron chi connectivity index (χ3n) is 10.2. The molecule has 3 aliphatic rings. The first kappa shape index (κ1) is 38.7. The zero-order valence-electron chi connectivity index (χ0n) is 30.2. The van der Waals surface area contributed by atoms with Crippen LogP contribution in [0.5, 0.6) is 11.5 Å². The largest absolute Gasteiger partial charge is 0.493 e. The van der Waals surface area contributed by atoms with E-state index in [1.807, 2.05) is 37.3 Å². The van der Waals surface area contributed by atoms with E-state index < -0.39 is 17.9 Å². The Balaban J connectivity index is 1.64. The Kier molecular flexibility index (Phi) is 14.3. The van der Waals surface area contributed by atoms with Gasteiger partial charge in [0.2, 0.25) is 5.79 Å². The van der Waals surface area contributed by atoms with E-state index in [9.17, 15) is 15.0 Å². The first-order valence-electron chi connectivity index (χ1n) is 18.2. The third kappa shape index (κ3) is 8.76. The number of benzene rings is 2. The number of thioether (sulfide) groups is 1. The molecule has 10 nitrogen and oxygen atoms in total. The Morgan fingerprint density at radius 2 is 1.88 bits per heavy atom. The average Bonchev–Trinajstić information content (AvgIpc) is 3.16. The van der Waals surface area contributed by atoms with Gasteiger partial charge in [-0.25, -0.2) is 4.79 Å². The third-order valence-corrected chi connectivity index (χ3v) is 11.2. The molecule has 2 N–H and O–H groups in total. The summed E-state index contributed by atoms with van der Waals surface area (Å²) in [6, 6.07) is 15.7. The summed E-state index contributed by atoms with van der Waals surface area (Å²) in [7, 11) is 3.08. The number of nitrogens with zero attached hydrogens (tertiary/aromatic N) is 2. The van der Waals surface area contributed by atoms with Crippen molar-refractivity contribution < 1.29 is 38.8 Å². The van der Waals surface area contributed by atoms with Gasteiger partial charge in [-0.05, 0) is 80.3 Å². The van der Waals surface area contributed by atoms with Gasteiger partial charge in [-0.1, -0.05) is 48.3 Å². The molecule has 1 amide bonds. The molecule has 0 spiro atoms. The second-order valence-corrected chi connectivity index (χ2v) is 14.4. The molecular formula is C40H54N2O8S. The maximum absolute atomic E-state index is 13.2. The summed E-state index contributed by atoms with van der Waals surface area (Å²) in [6.45, 7) is 7.24. The van der Waals surface area contributed by atoms with Crippen LogP contribution in [0.25, 0.3) is 0 Å². The minimum Gasteiger partial charge on any atom is -0.493 e. The highest BCUT2D eigenvalue weighted by Gasteiger charge is 2.65. The first-order chi connectivity index (χ1) is 24.9. The van der Waals surface area contributed by atoms with Crippen molar-refractivity contribution in [3.05, 3.63) is 78.4 Å². The van der Waals surface area contributed by atoms with Crippen molar-refractivity contribution in [2.45, 2.75) is 74.5 Å². The predicted molar refractivity (Wildman–Crippen MR) is 199 cm³/mol. The quantitative estimate of drug-likeness (QED) is 0.0671. The van der Waals surface area contributed by atoms with Crippen molar-refractivity contribution in [2.75, 3.05) is 52.9 Å². The van der Waals surface area contributed by atoms with Crippen molar-refractivity contribution in [3.63, 3.8) is 0 Å². The summed E-state index contributed by atoms with van der Waals surface area (Å²) in [4.78, 5) is 21.7. The Hall–Kier alpha value is -3.51. The number of hydrogen-bond acceptors (Lipinski definition) is 10.